The van der Waals surface area contributed by atoms with Crippen LogP contribution in [0.15, 0.2) is 35.5 Å². The Kier molecular flexibility index (Phi) is 18.3. The van der Waals surface area contributed by atoms with Crippen LogP contribution in [-0.2, 0) is 27.9 Å². The van der Waals surface area contributed by atoms with Crippen LogP contribution in [0.25, 0.3) is 0 Å². The molecule has 0 radical (unpaired) electrons. The lowest BCUT2D eigenvalue weighted by molar-refractivity contribution is -0.146. The minimum Gasteiger partial charge on any atom is -0.461 e. The van der Waals surface area contributed by atoms with Crippen molar-refractivity contribution in [3.63, 3.8) is 0 Å². The molecule has 2 atom stereocenters. The zero-order valence-electron chi connectivity index (χ0n) is 26.3. The zero-order chi connectivity index (χ0) is 30.1. The van der Waals surface area contributed by atoms with Crippen LogP contribution in [0.1, 0.15) is 75.7 Å². The highest BCUT2D eigenvalue weighted by atomic mass is 28.4. The Hall–Kier alpha value is -1.93. The second-order valence-corrected chi connectivity index (χ2v) is 19.8. The van der Waals surface area contributed by atoms with Crippen molar-refractivity contribution in [2.24, 2.45) is 0 Å². The van der Waals surface area contributed by atoms with Gasteiger partial charge in [-0.2, -0.15) is 0 Å². The van der Waals surface area contributed by atoms with E-state index in [1.54, 1.807) is 0 Å². The third-order valence-electron chi connectivity index (χ3n) is 7.57. The summed E-state index contributed by atoms with van der Waals surface area (Å²) in [6.45, 7) is 24.4. The maximum absolute atomic E-state index is 12.2. The molecule has 0 amide bonds. The Balaban J connectivity index is 6.50. The molecule has 0 aliphatic rings. The average molecular weight is 579 g/mol. The van der Waals surface area contributed by atoms with Crippen LogP contribution in [0.5, 0.6) is 0 Å². The highest BCUT2D eigenvalue weighted by molar-refractivity contribution is 6.74. The van der Waals surface area contributed by atoms with Gasteiger partial charge in [-0.1, -0.05) is 71.6 Å². The number of allylic oxidation sites excluding steroid dienone is 2. The van der Waals surface area contributed by atoms with Crippen LogP contribution < -0.4 is 0 Å². The first-order valence-corrected chi connectivity index (χ1v) is 19.6. The first-order chi connectivity index (χ1) is 18.4. The standard InChI is InChI=1S/C31H54O6Si2/c1-12-38(13-2,14-3)35-22-21-29(24-34-27(10)32)31(36-28(11)33)23-30(26(9)20-18-19-25(7)8)37-39(15-4,16-5)17-6/h19,21,30-31H,9,12-17,22-24H2,1-8,10-11H3/b29-21+/t30-,31-/m0/s1. The summed E-state index contributed by atoms with van der Waals surface area (Å²) in [5.74, 6) is 5.41. The summed E-state index contributed by atoms with van der Waals surface area (Å²) < 4.78 is 24.5. The molecule has 0 heterocycles. The second-order valence-electron chi connectivity index (χ2n) is 10.3. The van der Waals surface area contributed by atoms with Crippen LogP contribution in [0.2, 0.25) is 36.3 Å². The molecular weight excluding hydrogens is 525 g/mol. The molecule has 0 aliphatic carbocycles. The average Bonchev–Trinajstić information content (AvgIpc) is 2.90. The first kappa shape index (κ1) is 37.1. The predicted molar refractivity (Wildman–Crippen MR) is 166 cm³/mol. The fraction of sp³-hybridized carbons (Fsp3) is 0.677. The molecule has 0 bridgehead atoms. The summed E-state index contributed by atoms with van der Waals surface area (Å²) in [4.78, 5) is 24.0. The van der Waals surface area contributed by atoms with Crippen molar-refractivity contribution >= 4 is 28.6 Å². The van der Waals surface area contributed by atoms with Crippen LogP contribution in [0, 0.1) is 11.8 Å². The van der Waals surface area contributed by atoms with E-state index in [9.17, 15) is 9.59 Å². The van der Waals surface area contributed by atoms with Gasteiger partial charge in [0.2, 0.25) is 0 Å². The maximum atomic E-state index is 12.2. The molecule has 0 aromatic carbocycles. The molecule has 222 valence electrons. The number of rotatable bonds is 18. The Labute approximate surface area is 240 Å². The molecule has 0 rings (SSSR count). The minimum absolute atomic E-state index is 0.0100. The van der Waals surface area contributed by atoms with Crippen LogP contribution in [0.4, 0.5) is 0 Å². The lowest BCUT2D eigenvalue weighted by Gasteiger charge is -2.35. The van der Waals surface area contributed by atoms with Gasteiger partial charge in [0.1, 0.15) is 12.7 Å². The summed E-state index contributed by atoms with van der Waals surface area (Å²) in [6, 6.07) is 5.97. The van der Waals surface area contributed by atoms with Gasteiger partial charge >= 0.3 is 11.9 Å². The van der Waals surface area contributed by atoms with Crippen LogP contribution in [-0.4, -0.2) is 54.0 Å². The molecule has 0 aliphatic heterocycles. The molecule has 0 saturated carbocycles. The molecule has 8 heteroatoms. The van der Waals surface area contributed by atoms with Gasteiger partial charge in [-0.05, 0) is 56.2 Å². The molecule has 0 N–H and O–H groups in total. The van der Waals surface area contributed by atoms with Gasteiger partial charge in [0.15, 0.2) is 16.6 Å². The van der Waals surface area contributed by atoms with Gasteiger partial charge in [0, 0.05) is 31.4 Å². The maximum Gasteiger partial charge on any atom is 0.303 e. The van der Waals surface area contributed by atoms with Crippen molar-refractivity contribution in [2.45, 2.75) is 124 Å². The lowest BCUT2D eigenvalue weighted by Crippen LogP contribution is -2.42. The van der Waals surface area contributed by atoms with Gasteiger partial charge in [0.25, 0.3) is 0 Å². The highest BCUT2D eigenvalue weighted by Gasteiger charge is 2.35. The Morgan fingerprint density at radius 1 is 0.821 bits per heavy atom. The third-order valence-corrected chi connectivity index (χ3v) is 16.9. The number of esters is 2. The van der Waals surface area contributed by atoms with Gasteiger partial charge in [-0.3, -0.25) is 9.59 Å². The van der Waals surface area contributed by atoms with Crippen molar-refractivity contribution in [3.8, 4) is 11.8 Å². The van der Waals surface area contributed by atoms with Gasteiger partial charge in [-0.25, -0.2) is 0 Å². The van der Waals surface area contributed by atoms with E-state index in [-0.39, 0.29) is 6.61 Å². The van der Waals surface area contributed by atoms with Crippen molar-refractivity contribution in [2.75, 3.05) is 13.2 Å². The van der Waals surface area contributed by atoms with E-state index in [1.165, 1.54) is 13.8 Å². The van der Waals surface area contributed by atoms with Gasteiger partial charge in [-0.15, -0.1) is 0 Å². The smallest absolute Gasteiger partial charge is 0.303 e. The molecule has 6 nitrogen and oxygen atoms in total. The fourth-order valence-electron chi connectivity index (χ4n) is 4.44. The molecule has 0 aromatic rings. The first-order valence-electron chi connectivity index (χ1n) is 14.5. The molecule has 0 saturated heterocycles. The number of carbonyl (C=O) groups excluding carboxylic acids is 2. The fourth-order valence-corrected chi connectivity index (χ4v) is 9.83. The van der Waals surface area contributed by atoms with E-state index >= 15 is 0 Å². The van der Waals surface area contributed by atoms with E-state index in [4.69, 9.17) is 18.3 Å². The molecule has 39 heavy (non-hydrogen) atoms. The minimum atomic E-state index is -2.06. The quantitative estimate of drug-likeness (QED) is 0.0717. The Morgan fingerprint density at radius 2 is 1.36 bits per heavy atom. The zero-order valence-corrected chi connectivity index (χ0v) is 28.3. The van der Waals surface area contributed by atoms with Gasteiger partial charge < -0.3 is 18.3 Å². The van der Waals surface area contributed by atoms with Crippen LogP contribution >= 0.6 is 0 Å². The summed E-state index contributed by atoms with van der Waals surface area (Å²) in [6.07, 6.45) is 3.00. The van der Waals surface area contributed by atoms with Crippen molar-refractivity contribution in [3.05, 3.63) is 35.5 Å². The second kappa shape index (κ2) is 19.2. The lowest BCUT2D eigenvalue weighted by atomic mass is 9.99. The summed E-state index contributed by atoms with van der Waals surface area (Å²) >= 11 is 0. The van der Waals surface area contributed by atoms with E-state index < -0.39 is 40.8 Å². The summed E-state index contributed by atoms with van der Waals surface area (Å²) in [5.41, 5.74) is 2.43. The molecule has 0 unspecified atom stereocenters. The van der Waals surface area contributed by atoms with Crippen molar-refractivity contribution < 1.29 is 27.9 Å². The van der Waals surface area contributed by atoms with E-state index in [2.05, 4.69) is 60.0 Å². The predicted octanol–water partition coefficient (Wildman–Crippen LogP) is 7.74. The topological polar surface area (TPSA) is 71.1 Å². The third kappa shape index (κ3) is 13.8. The number of carbonyl (C=O) groups is 2. The molecule has 0 fully saturated rings. The monoisotopic (exact) mass is 578 g/mol. The van der Waals surface area contributed by atoms with Crippen molar-refractivity contribution in [1.82, 2.24) is 0 Å². The number of hydrogen-bond donors (Lipinski definition) is 0. The Bertz CT molecular complexity index is 883. The van der Waals surface area contributed by atoms with Crippen LogP contribution in [0.3, 0.4) is 0 Å². The molecule has 0 aromatic heterocycles. The normalized spacial score (nSPS) is 13.5. The number of ether oxygens (including phenoxy) is 2. The van der Waals surface area contributed by atoms with Crippen molar-refractivity contribution in [1.29, 1.82) is 0 Å². The molecular formula is C31H54O6Si2. The molecule has 0 spiro atoms. The SMILES string of the molecule is C=C(C#CC=C(C)C)[C@H](C[C@H](OC(C)=O)/C(=C/CO[Si](CC)(CC)CC)COC(C)=O)O[Si](CC)(CC)CC. The largest absolute Gasteiger partial charge is 0.461 e. The Morgan fingerprint density at radius 3 is 1.79 bits per heavy atom. The van der Waals surface area contributed by atoms with Gasteiger partial charge in [0.05, 0.1) is 12.7 Å². The number of hydrogen-bond acceptors (Lipinski definition) is 6. The van der Waals surface area contributed by atoms with E-state index in [0.717, 1.165) is 41.8 Å². The van der Waals surface area contributed by atoms with E-state index in [0.29, 0.717) is 24.2 Å². The summed E-state index contributed by atoms with van der Waals surface area (Å²) in [7, 11) is -3.89. The summed E-state index contributed by atoms with van der Waals surface area (Å²) in [5, 5.41) is 0. The van der Waals surface area contributed by atoms with E-state index in [1.807, 2.05) is 26.0 Å². The highest BCUT2D eigenvalue weighted by Crippen LogP contribution is 2.29.